The quantitative estimate of drug-likeness (QED) is 0.516. The Morgan fingerprint density at radius 1 is 1.56 bits per heavy atom. The number of nitro benzene ring substituents is 1. The Kier molecular flexibility index (Phi) is 5.27. The summed E-state index contributed by atoms with van der Waals surface area (Å²) in [5.41, 5.74) is 0.595. The van der Waals surface area contributed by atoms with E-state index in [2.05, 4.69) is 21.2 Å². The normalized spacial score (nSPS) is 11.9. The molecule has 1 amide bonds. The van der Waals surface area contributed by atoms with Gasteiger partial charge in [-0.2, -0.15) is 0 Å². The van der Waals surface area contributed by atoms with Gasteiger partial charge in [0.25, 0.3) is 11.6 Å². The fraction of sp³-hybridized carbons (Fsp3) is 0.417. The lowest BCUT2D eigenvalue weighted by Crippen LogP contribution is -2.27. The van der Waals surface area contributed by atoms with Crippen molar-refractivity contribution in [2.24, 2.45) is 0 Å². The minimum absolute atomic E-state index is 0.143. The topological polar surface area (TPSA) is 72.2 Å². The number of nitrogens with one attached hydrogen (secondary N) is 1. The number of rotatable bonds is 5. The molecule has 1 unspecified atom stereocenters. The summed E-state index contributed by atoms with van der Waals surface area (Å²) < 4.78 is 0. The third kappa shape index (κ3) is 3.80. The van der Waals surface area contributed by atoms with Crippen molar-refractivity contribution in [1.82, 2.24) is 5.32 Å². The Balaban J connectivity index is 2.88. The second-order valence-corrected chi connectivity index (χ2v) is 5.61. The Bertz CT molecular complexity index is 461. The van der Waals surface area contributed by atoms with E-state index in [0.29, 0.717) is 16.9 Å². The molecule has 1 N–H and O–H groups in total. The van der Waals surface area contributed by atoms with Gasteiger partial charge in [0.2, 0.25) is 0 Å². The molecule has 5 nitrogen and oxygen atoms in total. The smallest absolute Gasteiger partial charge is 0.282 e. The molecule has 0 saturated carbocycles. The fourth-order valence-corrected chi connectivity index (χ4v) is 1.80. The maximum absolute atomic E-state index is 11.9. The lowest BCUT2D eigenvalue weighted by molar-refractivity contribution is -0.385. The van der Waals surface area contributed by atoms with Crippen LogP contribution in [0.4, 0.5) is 5.69 Å². The molecule has 6 heteroatoms. The van der Waals surface area contributed by atoms with E-state index >= 15 is 0 Å². The van der Waals surface area contributed by atoms with Gasteiger partial charge in [-0.05, 0) is 18.9 Å². The van der Waals surface area contributed by atoms with Crippen LogP contribution in [0, 0.1) is 17.0 Å². The van der Waals surface area contributed by atoms with E-state index in [1.165, 1.54) is 6.07 Å². The minimum atomic E-state index is -0.533. The molecule has 0 aromatic heterocycles. The van der Waals surface area contributed by atoms with E-state index in [4.69, 9.17) is 0 Å². The van der Waals surface area contributed by atoms with Crippen LogP contribution in [0.3, 0.4) is 0 Å². The van der Waals surface area contributed by atoms with Crippen molar-refractivity contribution in [3.63, 3.8) is 0 Å². The van der Waals surface area contributed by atoms with Crippen molar-refractivity contribution >= 4 is 27.5 Å². The Labute approximate surface area is 114 Å². The van der Waals surface area contributed by atoms with Crippen molar-refractivity contribution in [2.45, 2.75) is 25.1 Å². The van der Waals surface area contributed by atoms with Crippen LogP contribution >= 0.6 is 15.9 Å². The first-order chi connectivity index (χ1) is 8.43. The standard InChI is InChI=1S/C12H15BrN2O3/c1-8-4-3-5-10(15(17)18)11(8)12(16)14-7-6-9(2)13/h3-5,9H,6-7H2,1-2H3,(H,14,16). The Hall–Kier alpha value is -1.43. The lowest BCUT2D eigenvalue weighted by Gasteiger charge is -2.08. The van der Waals surface area contributed by atoms with Gasteiger partial charge in [-0.1, -0.05) is 35.0 Å². The molecule has 0 radical (unpaired) electrons. The number of hydrogen-bond acceptors (Lipinski definition) is 3. The van der Waals surface area contributed by atoms with Crippen LogP contribution in [-0.4, -0.2) is 22.2 Å². The molecule has 0 fully saturated rings. The highest BCUT2D eigenvalue weighted by Gasteiger charge is 2.21. The maximum Gasteiger partial charge on any atom is 0.282 e. The Morgan fingerprint density at radius 3 is 2.78 bits per heavy atom. The SMILES string of the molecule is Cc1cccc([N+](=O)[O-])c1C(=O)NCCC(C)Br. The molecule has 0 saturated heterocycles. The lowest BCUT2D eigenvalue weighted by atomic mass is 10.1. The zero-order chi connectivity index (χ0) is 13.7. The largest absolute Gasteiger partial charge is 0.352 e. The average molecular weight is 315 g/mol. The average Bonchev–Trinajstić information content (AvgIpc) is 2.27. The second kappa shape index (κ2) is 6.49. The molecule has 0 spiro atoms. The summed E-state index contributed by atoms with van der Waals surface area (Å²) in [6.07, 6.45) is 0.769. The van der Waals surface area contributed by atoms with Gasteiger partial charge in [0.05, 0.1) is 4.92 Å². The fourth-order valence-electron chi connectivity index (χ4n) is 1.57. The van der Waals surface area contributed by atoms with Gasteiger partial charge in [-0.25, -0.2) is 0 Å². The number of amides is 1. The number of benzene rings is 1. The number of carbonyl (C=O) groups is 1. The monoisotopic (exact) mass is 314 g/mol. The summed E-state index contributed by atoms with van der Waals surface area (Å²) in [6.45, 7) is 4.15. The highest BCUT2D eigenvalue weighted by molar-refractivity contribution is 9.09. The summed E-state index contributed by atoms with van der Waals surface area (Å²) in [4.78, 5) is 22.6. The summed E-state index contributed by atoms with van der Waals surface area (Å²) in [5.74, 6) is -0.395. The molecule has 1 aromatic rings. The van der Waals surface area contributed by atoms with Crippen LogP contribution in [0.2, 0.25) is 0 Å². The zero-order valence-electron chi connectivity index (χ0n) is 10.3. The van der Waals surface area contributed by atoms with Crippen molar-refractivity contribution < 1.29 is 9.72 Å². The highest BCUT2D eigenvalue weighted by Crippen LogP contribution is 2.21. The van der Waals surface area contributed by atoms with Crippen LogP contribution in [0.15, 0.2) is 18.2 Å². The third-order valence-corrected chi connectivity index (χ3v) is 2.96. The summed E-state index contributed by atoms with van der Waals surface area (Å²) in [6, 6.07) is 4.61. The minimum Gasteiger partial charge on any atom is -0.352 e. The molecule has 1 atom stereocenters. The second-order valence-electron chi connectivity index (χ2n) is 4.05. The van der Waals surface area contributed by atoms with Crippen LogP contribution < -0.4 is 5.32 Å². The van der Waals surface area contributed by atoms with E-state index in [0.717, 1.165) is 6.42 Å². The molecule has 0 aliphatic rings. The molecule has 0 heterocycles. The van der Waals surface area contributed by atoms with Gasteiger partial charge in [0.1, 0.15) is 5.56 Å². The van der Waals surface area contributed by atoms with Gasteiger partial charge in [0, 0.05) is 17.4 Å². The summed E-state index contributed by atoms with van der Waals surface area (Å²) in [7, 11) is 0. The van der Waals surface area contributed by atoms with Gasteiger partial charge in [-0.15, -0.1) is 0 Å². The number of aryl methyl sites for hydroxylation is 1. The predicted octanol–water partition coefficient (Wildman–Crippen LogP) is 2.81. The zero-order valence-corrected chi connectivity index (χ0v) is 11.9. The number of hydrogen-bond donors (Lipinski definition) is 1. The molecule has 0 aliphatic carbocycles. The van der Waals surface area contributed by atoms with Gasteiger partial charge in [-0.3, -0.25) is 14.9 Å². The maximum atomic E-state index is 11.9. The number of alkyl halides is 1. The Morgan fingerprint density at radius 2 is 2.22 bits per heavy atom. The van der Waals surface area contributed by atoms with E-state index < -0.39 is 10.8 Å². The predicted molar refractivity (Wildman–Crippen MR) is 73.2 cm³/mol. The molecule has 18 heavy (non-hydrogen) atoms. The number of nitrogens with zero attached hydrogens (tertiary/aromatic N) is 1. The molecular weight excluding hydrogens is 300 g/mol. The van der Waals surface area contributed by atoms with Gasteiger partial charge < -0.3 is 5.32 Å². The summed E-state index contributed by atoms with van der Waals surface area (Å²) in [5, 5.41) is 13.6. The summed E-state index contributed by atoms with van der Waals surface area (Å²) >= 11 is 3.37. The first-order valence-electron chi connectivity index (χ1n) is 5.59. The van der Waals surface area contributed by atoms with Gasteiger partial charge >= 0.3 is 0 Å². The van der Waals surface area contributed by atoms with Crippen LogP contribution in [-0.2, 0) is 0 Å². The van der Waals surface area contributed by atoms with E-state index in [-0.39, 0.29) is 11.3 Å². The number of carbonyl (C=O) groups excluding carboxylic acids is 1. The van der Waals surface area contributed by atoms with E-state index in [9.17, 15) is 14.9 Å². The third-order valence-electron chi connectivity index (χ3n) is 2.50. The van der Waals surface area contributed by atoms with Crippen LogP contribution in [0.1, 0.15) is 29.3 Å². The van der Waals surface area contributed by atoms with Crippen molar-refractivity contribution in [2.75, 3.05) is 6.54 Å². The molecule has 0 bridgehead atoms. The van der Waals surface area contributed by atoms with Crippen LogP contribution in [0.5, 0.6) is 0 Å². The number of nitro groups is 1. The van der Waals surface area contributed by atoms with Crippen LogP contribution in [0.25, 0.3) is 0 Å². The van der Waals surface area contributed by atoms with Crippen molar-refractivity contribution in [3.05, 3.63) is 39.4 Å². The van der Waals surface area contributed by atoms with E-state index in [1.807, 2.05) is 6.92 Å². The van der Waals surface area contributed by atoms with Gasteiger partial charge in [0.15, 0.2) is 0 Å². The van der Waals surface area contributed by atoms with Crippen molar-refractivity contribution in [1.29, 1.82) is 0 Å². The van der Waals surface area contributed by atoms with Crippen molar-refractivity contribution in [3.8, 4) is 0 Å². The highest BCUT2D eigenvalue weighted by atomic mass is 79.9. The van der Waals surface area contributed by atoms with E-state index in [1.54, 1.807) is 19.1 Å². The molecule has 1 rings (SSSR count). The first kappa shape index (κ1) is 14.6. The molecule has 0 aliphatic heterocycles. The molecular formula is C12H15BrN2O3. The number of halogens is 1. The molecule has 98 valence electrons. The first-order valence-corrected chi connectivity index (χ1v) is 6.51. The molecule has 1 aromatic carbocycles.